The minimum absolute atomic E-state index is 0.0240. The molecule has 4 rings (SSSR count). The van der Waals surface area contributed by atoms with Crippen molar-refractivity contribution < 1.29 is 14.2 Å². The first-order valence-electron chi connectivity index (χ1n) is 11.3. The first-order valence-corrected chi connectivity index (χ1v) is 12.2. The highest BCUT2D eigenvalue weighted by molar-refractivity contribution is 8.05. The average Bonchev–Trinajstić information content (AvgIpc) is 2.73. The average molecular weight is 436 g/mol. The number of benzene rings is 1. The van der Waals surface area contributed by atoms with E-state index in [-0.39, 0.29) is 23.1 Å². The van der Waals surface area contributed by atoms with Crippen LogP contribution in [0.2, 0.25) is 0 Å². The third-order valence-electron chi connectivity index (χ3n) is 6.24. The van der Waals surface area contributed by atoms with Crippen LogP contribution in [0.3, 0.4) is 0 Å². The van der Waals surface area contributed by atoms with Crippen molar-refractivity contribution in [2.45, 2.75) is 63.2 Å². The molecule has 1 aromatic carbocycles. The molecule has 0 spiro atoms. The monoisotopic (exact) mass is 435 g/mol. The van der Waals surface area contributed by atoms with Gasteiger partial charge in [-0.3, -0.25) is 4.79 Å². The van der Waals surface area contributed by atoms with E-state index in [0.29, 0.717) is 5.57 Å². The Labute approximate surface area is 189 Å². The van der Waals surface area contributed by atoms with Gasteiger partial charge >= 0.3 is 5.91 Å². The molecular weight excluding hydrogens is 404 g/mol. The van der Waals surface area contributed by atoms with Gasteiger partial charge in [-0.2, -0.15) is 4.58 Å². The summed E-state index contributed by atoms with van der Waals surface area (Å²) in [7, 11) is 1.80. The lowest BCUT2D eigenvalue weighted by atomic mass is 9.96. The third-order valence-corrected chi connectivity index (χ3v) is 7.44. The van der Waals surface area contributed by atoms with E-state index in [4.69, 9.17) is 0 Å². The van der Waals surface area contributed by atoms with Gasteiger partial charge < -0.3 is 5.32 Å². The molecule has 0 aromatic heterocycles. The van der Waals surface area contributed by atoms with Crippen LogP contribution in [0, 0.1) is 6.92 Å². The fourth-order valence-corrected chi connectivity index (χ4v) is 5.67. The zero-order chi connectivity index (χ0) is 21.8. The van der Waals surface area contributed by atoms with Gasteiger partial charge in [-0.25, -0.2) is 4.79 Å². The number of hydrogen-bond donors (Lipinski definition) is 1. The molecule has 1 aliphatic heterocycles. The summed E-state index contributed by atoms with van der Waals surface area (Å²) in [6.07, 6.45) is 16.1. The summed E-state index contributed by atoms with van der Waals surface area (Å²) in [5.41, 5.74) is 3.72. The molecule has 1 N–H and O–H groups in total. The number of carbonyl (C=O) groups is 2. The number of nitrogens with zero attached hydrogens (tertiary/aromatic N) is 1. The van der Waals surface area contributed by atoms with E-state index in [0.717, 1.165) is 29.0 Å². The standard InChI is InChI=1S/C26H30N2O2S/c1-18-9-8-10-19(15-18)16-24-26(30)28(2)22-17-20(13-14-23(22)31-24)25(29)27-21-11-6-4-3-5-7-12-21/h8-10,13-17,21,23H,3-7,11-12H2,1-2H3/p+1/b24-16-. The smallest absolute Gasteiger partial charge is 0.349 e. The highest BCUT2D eigenvalue weighted by Gasteiger charge is 2.38. The highest BCUT2D eigenvalue weighted by Crippen LogP contribution is 2.33. The molecule has 162 valence electrons. The molecule has 4 nitrogen and oxygen atoms in total. The van der Waals surface area contributed by atoms with Crippen LogP contribution in [0.15, 0.2) is 53.0 Å². The van der Waals surface area contributed by atoms with Crippen molar-refractivity contribution in [1.82, 2.24) is 5.32 Å². The van der Waals surface area contributed by atoms with Crippen molar-refractivity contribution in [1.29, 1.82) is 0 Å². The van der Waals surface area contributed by atoms with Gasteiger partial charge in [0.1, 0.15) is 17.2 Å². The topological polar surface area (TPSA) is 49.2 Å². The van der Waals surface area contributed by atoms with Crippen LogP contribution in [0.4, 0.5) is 0 Å². The maximum atomic E-state index is 13.0. The Morgan fingerprint density at radius 3 is 2.65 bits per heavy atom. The van der Waals surface area contributed by atoms with Crippen molar-refractivity contribution in [2.75, 3.05) is 7.05 Å². The number of allylic oxidation sites excluding steroid dienone is 1. The Hall–Kier alpha value is -2.40. The minimum atomic E-state index is -0.0280. The van der Waals surface area contributed by atoms with E-state index < -0.39 is 0 Å². The zero-order valence-electron chi connectivity index (χ0n) is 18.4. The first kappa shape index (κ1) is 21.8. The Bertz CT molecular complexity index is 994. The van der Waals surface area contributed by atoms with Crippen LogP contribution in [0.25, 0.3) is 6.08 Å². The maximum absolute atomic E-state index is 13.0. The molecule has 0 radical (unpaired) electrons. The van der Waals surface area contributed by atoms with Gasteiger partial charge in [0, 0.05) is 17.7 Å². The molecule has 5 heteroatoms. The fourth-order valence-electron chi connectivity index (χ4n) is 4.45. The van der Waals surface area contributed by atoms with E-state index in [9.17, 15) is 9.59 Å². The van der Waals surface area contributed by atoms with Crippen molar-refractivity contribution in [3.63, 3.8) is 0 Å². The second kappa shape index (κ2) is 9.82. The molecule has 1 atom stereocenters. The molecule has 0 saturated heterocycles. The lowest BCUT2D eigenvalue weighted by molar-refractivity contribution is -0.413. The van der Waals surface area contributed by atoms with Crippen LogP contribution in [0.1, 0.15) is 56.1 Å². The van der Waals surface area contributed by atoms with Gasteiger partial charge in [-0.15, -0.1) is 0 Å². The van der Waals surface area contributed by atoms with E-state index in [1.165, 1.54) is 37.7 Å². The van der Waals surface area contributed by atoms with E-state index in [1.54, 1.807) is 23.4 Å². The molecule has 31 heavy (non-hydrogen) atoms. The number of fused-ring (bicyclic) bond motifs is 1. The number of carbonyl (C=O) groups excluding carboxylic acids is 2. The summed E-state index contributed by atoms with van der Waals surface area (Å²) >= 11 is 1.55. The van der Waals surface area contributed by atoms with Gasteiger partial charge in [-0.1, -0.05) is 85.8 Å². The molecule has 1 heterocycles. The van der Waals surface area contributed by atoms with Crippen molar-refractivity contribution >= 4 is 35.4 Å². The van der Waals surface area contributed by atoms with E-state index in [2.05, 4.69) is 11.4 Å². The fraction of sp³-hybridized carbons (Fsp3) is 0.423. The van der Waals surface area contributed by atoms with Crippen LogP contribution < -0.4 is 5.32 Å². The molecule has 2 amide bonds. The van der Waals surface area contributed by atoms with Crippen molar-refractivity contribution in [3.8, 4) is 0 Å². The Balaban J connectivity index is 1.51. The summed E-state index contributed by atoms with van der Waals surface area (Å²) in [5.74, 6) is -0.0520. The molecule has 2 aliphatic carbocycles. The lowest BCUT2D eigenvalue weighted by Gasteiger charge is -2.23. The zero-order valence-corrected chi connectivity index (χ0v) is 19.2. The van der Waals surface area contributed by atoms with Crippen molar-refractivity contribution in [3.05, 3.63) is 64.1 Å². The second-order valence-corrected chi connectivity index (χ2v) is 9.91. The number of amides is 2. The van der Waals surface area contributed by atoms with Crippen molar-refractivity contribution in [2.24, 2.45) is 0 Å². The third kappa shape index (κ3) is 5.27. The molecule has 1 fully saturated rings. The van der Waals surface area contributed by atoms with Crippen LogP contribution in [0.5, 0.6) is 0 Å². The summed E-state index contributed by atoms with van der Waals surface area (Å²) in [5, 5.41) is 3.27. The molecule has 1 unspecified atom stereocenters. The van der Waals surface area contributed by atoms with E-state index in [1.807, 2.05) is 49.4 Å². The Morgan fingerprint density at radius 1 is 1.16 bits per heavy atom. The quantitative estimate of drug-likeness (QED) is 0.549. The first-order chi connectivity index (χ1) is 15.0. The number of nitrogens with one attached hydrogen (secondary N) is 1. The number of aryl methyl sites for hydroxylation is 1. The Kier molecular flexibility index (Phi) is 6.91. The molecular formula is C26H31N2O2S+. The minimum Gasteiger partial charge on any atom is -0.349 e. The SMILES string of the molecule is Cc1cccc(/C=C2\SC3C=CC(C(=O)NC4CCCCCCC4)=CC3=[N+](C)C2=O)c1. The number of thioether (sulfide) groups is 1. The van der Waals surface area contributed by atoms with Gasteiger partial charge in [0.05, 0.1) is 0 Å². The summed E-state index contributed by atoms with van der Waals surface area (Å²) in [6, 6.07) is 8.41. The summed E-state index contributed by atoms with van der Waals surface area (Å²) in [6.45, 7) is 2.05. The molecule has 0 bridgehead atoms. The number of rotatable bonds is 3. The maximum Gasteiger partial charge on any atom is 0.425 e. The second-order valence-electron chi connectivity index (χ2n) is 8.72. The number of likely N-dealkylation sites (N-methyl/N-ethyl adjacent to an activating group) is 1. The van der Waals surface area contributed by atoms with E-state index >= 15 is 0 Å². The van der Waals surface area contributed by atoms with Gasteiger partial charge in [0.15, 0.2) is 0 Å². The summed E-state index contributed by atoms with van der Waals surface area (Å²) < 4.78 is 1.69. The molecule has 1 aromatic rings. The van der Waals surface area contributed by atoms with Gasteiger partial charge in [0.2, 0.25) is 5.71 Å². The van der Waals surface area contributed by atoms with Gasteiger partial charge in [-0.05, 0) is 31.4 Å². The molecule has 1 saturated carbocycles. The van der Waals surface area contributed by atoms with Crippen LogP contribution >= 0.6 is 11.8 Å². The van der Waals surface area contributed by atoms with Crippen LogP contribution in [-0.4, -0.2) is 40.4 Å². The lowest BCUT2D eigenvalue weighted by Crippen LogP contribution is -2.39. The van der Waals surface area contributed by atoms with Gasteiger partial charge in [0.25, 0.3) is 5.91 Å². The largest absolute Gasteiger partial charge is 0.425 e. The predicted octanol–water partition coefficient (Wildman–Crippen LogP) is 4.79. The highest BCUT2D eigenvalue weighted by atomic mass is 32.2. The summed E-state index contributed by atoms with van der Waals surface area (Å²) in [4.78, 5) is 26.6. The predicted molar refractivity (Wildman–Crippen MR) is 128 cm³/mol. The van der Waals surface area contributed by atoms with Crippen LogP contribution in [-0.2, 0) is 9.59 Å². The number of hydrogen-bond acceptors (Lipinski definition) is 3. The molecule has 3 aliphatic rings. The normalized spacial score (nSPS) is 23.8. The Morgan fingerprint density at radius 2 is 1.90 bits per heavy atom.